The topological polar surface area (TPSA) is 67.9 Å². The summed E-state index contributed by atoms with van der Waals surface area (Å²) in [5.41, 5.74) is 0.965. The first-order valence-corrected chi connectivity index (χ1v) is 7.24. The fraction of sp³-hybridized carbons (Fsp3) is 0.500. The van der Waals surface area contributed by atoms with Crippen LogP contribution in [0, 0.1) is 0 Å². The summed E-state index contributed by atoms with van der Waals surface area (Å²) in [7, 11) is 3.17. The van der Waals surface area contributed by atoms with Crippen LogP contribution in [0.25, 0.3) is 0 Å². The molecule has 1 rings (SSSR count). The van der Waals surface area contributed by atoms with Gasteiger partial charge in [0.05, 0.1) is 14.2 Å². The summed E-state index contributed by atoms with van der Waals surface area (Å²) in [5, 5.41) is 2.63. The Labute approximate surface area is 131 Å². The van der Waals surface area contributed by atoms with E-state index in [1.807, 2.05) is 25.1 Å². The average Bonchev–Trinajstić information content (AvgIpc) is 2.51. The van der Waals surface area contributed by atoms with Gasteiger partial charge in [-0.25, -0.2) is 0 Å². The lowest BCUT2D eigenvalue weighted by atomic mass is 10.1. The molecular formula is C16H24N2O4. The highest BCUT2D eigenvalue weighted by molar-refractivity contribution is 5.78. The number of carbonyl (C=O) groups excluding carboxylic acids is 2. The van der Waals surface area contributed by atoms with Crippen LogP contribution in [0.5, 0.6) is 11.5 Å². The quantitative estimate of drug-likeness (QED) is 0.792. The lowest BCUT2D eigenvalue weighted by Gasteiger charge is -2.21. The Kier molecular flexibility index (Phi) is 7.22. The van der Waals surface area contributed by atoms with E-state index in [4.69, 9.17) is 9.47 Å². The Morgan fingerprint density at radius 3 is 2.41 bits per heavy atom. The van der Waals surface area contributed by atoms with Gasteiger partial charge < -0.3 is 19.7 Å². The smallest absolute Gasteiger partial charge is 0.224 e. The lowest BCUT2D eigenvalue weighted by Crippen LogP contribution is -2.33. The zero-order valence-corrected chi connectivity index (χ0v) is 13.6. The second kappa shape index (κ2) is 8.92. The standard InChI is InChI=1S/C16H24N2O4/c1-5-18(16(20)8-9-17-12(2)19)11-13-6-7-14(21-3)15(10-13)22-4/h6-7,10H,5,8-9,11H2,1-4H3,(H,17,19). The van der Waals surface area contributed by atoms with E-state index in [2.05, 4.69) is 5.32 Å². The van der Waals surface area contributed by atoms with Gasteiger partial charge in [0.25, 0.3) is 0 Å². The molecule has 0 spiro atoms. The van der Waals surface area contributed by atoms with Gasteiger partial charge in [0.15, 0.2) is 11.5 Å². The van der Waals surface area contributed by atoms with E-state index in [0.29, 0.717) is 37.6 Å². The summed E-state index contributed by atoms with van der Waals surface area (Å²) in [6.07, 6.45) is 0.292. The number of benzene rings is 1. The number of hydrogen-bond acceptors (Lipinski definition) is 4. The summed E-state index contributed by atoms with van der Waals surface area (Å²) >= 11 is 0. The lowest BCUT2D eigenvalue weighted by molar-refractivity contribution is -0.131. The van der Waals surface area contributed by atoms with Crippen LogP contribution in [0.3, 0.4) is 0 Å². The maximum absolute atomic E-state index is 12.2. The number of nitrogens with one attached hydrogen (secondary N) is 1. The molecule has 0 aromatic heterocycles. The summed E-state index contributed by atoms with van der Waals surface area (Å²) in [6, 6.07) is 5.59. The summed E-state index contributed by atoms with van der Waals surface area (Å²) in [5.74, 6) is 1.18. The molecule has 0 aliphatic heterocycles. The van der Waals surface area contributed by atoms with E-state index in [0.717, 1.165) is 5.56 Å². The zero-order valence-electron chi connectivity index (χ0n) is 13.6. The second-order valence-corrected chi connectivity index (χ2v) is 4.83. The van der Waals surface area contributed by atoms with Crippen molar-refractivity contribution < 1.29 is 19.1 Å². The normalized spacial score (nSPS) is 10.0. The first-order chi connectivity index (χ1) is 10.5. The Morgan fingerprint density at radius 2 is 1.86 bits per heavy atom. The summed E-state index contributed by atoms with van der Waals surface area (Å²) in [4.78, 5) is 24.7. The van der Waals surface area contributed by atoms with Crippen molar-refractivity contribution in [1.82, 2.24) is 10.2 Å². The first-order valence-electron chi connectivity index (χ1n) is 7.24. The van der Waals surface area contributed by atoms with E-state index in [9.17, 15) is 9.59 Å². The highest BCUT2D eigenvalue weighted by atomic mass is 16.5. The monoisotopic (exact) mass is 308 g/mol. The van der Waals surface area contributed by atoms with Crippen molar-refractivity contribution in [2.45, 2.75) is 26.8 Å². The van der Waals surface area contributed by atoms with E-state index < -0.39 is 0 Å². The molecule has 6 nitrogen and oxygen atoms in total. The molecule has 1 N–H and O–H groups in total. The van der Waals surface area contributed by atoms with E-state index in [-0.39, 0.29) is 11.8 Å². The minimum atomic E-state index is -0.129. The average molecular weight is 308 g/mol. The van der Waals surface area contributed by atoms with Crippen LogP contribution < -0.4 is 14.8 Å². The minimum Gasteiger partial charge on any atom is -0.493 e. The Hall–Kier alpha value is -2.24. The molecule has 0 aliphatic rings. The minimum absolute atomic E-state index is 0.00559. The third-order valence-electron chi connectivity index (χ3n) is 3.27. The maximum atomic E-state index is 12.2. The van der Waals surface area contributed by atoms with Crippen molar-refractivity contribution in [2.75, 3.05) is 27.3 Å². The van der Waals surface area contributed by atoms with Gasteiger partial charge in [-0.3, -0.25) is 9.59 Å². The van der Waals surface area contributed by atoms with Crippen molar-refractivity contribution in [2.24, 2.45) is 0 Å². The van der Waals surface area contributed by atoms with Gasteiger partial charge in [-0.2, -0.15) is 0 Å². The number of carbonyl (C=O) groups is 2. The Bertz CT molecular complexity index is 517. The highest BCUT2D eigenvalue weighted by Gasteiger charge is 2.13. The predicted octanol–water partition coefficient (Wildman–Crippen LogP) is 1.58. The molecule has 0 radical (unpaired) electrons. The van der Waals surface area contributed by atoms with Crippen molar-refractivity contribution >= 4 is 11.8 Å². The number of nitrogens with zero attached hydrogens (tertiary/aromatic N) is 1. The van der Waals surface area contributed by atoms with Gasteiger partial charge in [0.2, 0.25) is 11.8 Å². The molecule has 2 amide bonds. The van der Waals surface area contributed by atoms with Crippen molar-refractivity contribution in [3.63, 3.8) is 0 Å². The van der Waals surface area contributed by atoms with Gasteiger partial charge in [-0.1, -0.05) is 6.07 Å². The molecule has 22 heavy (non-hydrogen) atoms. The number of hydrogen-bond donors (Lipinski definition) is 1. The molecule has 0 aliphatic carbocycles. The van der Waals surface area contributed by atoms with Gasteiger partial charge in [-0.15, -0.1) is 0 Å². The van der Waals surface area contributed by atoms with E-state index in [1.54, 1.807) is 19.1 Å². The molecule has 0 saturated heterocycles. The molecule has 0 bridgehead atoms. The fourth-order valence-electron chi connectivity index (χ4n) is 2.08. The first kappa shape index (κ1) is 17.8. The largest absolute Gasteiger partial charge is 0.493 e. The maximum Gasteiger partial charge on any atom is 0.224 e. The predicted molar refractivity (Wildman–Crippen MR) is 83.9 cm³/mol. The van der Waals surface area contributed by atoms with Crippen LogP contribution in [-0.2, 0) is 16.1 Å². The number of amides is 2. The second-order valence-electron chi connectivity index (χ2n) is 4.83. The molecule has 1 aromatic carbocycles. The van der Waals surface area contributed by atoms with Crippen LogP contribution in [0.1, 0.15) is 25.8 Å². The number of rotatable bonds is 8. The van der Waals surface area contributed by atoms with Crippen LogP contribution in [-0.4, -0.2) is 44.0 Å². The van der Waals surface area contributed by atoms with Crippen LogP contribution in [0.4, 0.5) is 0 Å². The Morgan fingerprint density at radius 1 is 1.18 bits per heavy atom. The van der Waals surface area contributed by atoms with Crippen molar-refractivity contribution in [3.8, 4) is 11.5 Å². The molecule has 0 heterocycles. The number of ether oxygens (including phenoxy) is 2. The SMILES string of the molecule is CCN(Cc1ccc(OC)c(OC)c1)C(=O)CCNC(C)=O. The van der Waals surface area contributed by atoms with Gasteiger partial charge in [0, 0.05) is 33.0 Å². The molecule has 1 aromatic rings. The van der Waals surface area contributed by atoms with Crippen LogP contribution >= 0.6 is 0 Å². The molecule has 0 saturated carbocycles. The molecule has 122 valence electrons. The van der Waals surface area contributed by atoms with Gasteiger partial charge in [0.1, 0.15) is 0 Å². The molecule has 6 heteroatoms. The molecule has 0 fully saturated rings. The van der Waals surface area contributed by atoms with Crippen LogP contribution in [0.15, 0.2) is 18.2 Å². The van der Waals surface area contributed by atoms with Crippen LogP contribution in [0.2, 0.25) is 0 Å². The summed E-state index contributed by atoms with van der Waals surface area (Å²) in [6.45, 7) is 4.82. The third-order valence-corrected chi connectivity index (χ3v) is 3.27. The number of methoxy groups -OCH3 is 2. The van der Waals surface area contributed by atoms with Gasteiger partial charge in [-0.05, 0) is 24.6 Å². The Balaban J connectivity index is 2.69. The summed E-state index contributed by atoms with van der Waals surface area (Å²) < 4.78 is 10.5. The molecular weight excluding hydrogens is 284 g/mol. The van der Waals surface area contributed by atoms with E-state index in [1.165, 1.54) is 6.92 Å². The highest BCUT2D eigenvalue weighted by Crippen LogP contribution is 2.28. The molecule has 0 unspecified atom stereocenters. The fourth-order valence-corrected chi connectivity index (χ4v) is 2.08. The van der Waals surface area contributed by atoms with Crippen molar-refractivity contribution in [1.29, 1.82) is 0 Å². The van der Waals surface area contributed by atoms with Crippen molar-refractivity contribution in [3.05, 3.63) is 23.8 Å². The zero-order chi connectivity index (χ0) is 16.5. The van der Waals surface area contributed by atoms with E-state index >= 15 is 0 Å². The van der Waals surface area contributed by atoms with Gasteiger partial charge >= 0.3 is 0 Å². The molecule has 0 atom stereocenters. The third kappa shape index (κ3) is 5.27.